The number of benzene rings is 1. The van der Waals surface area contributed by atoms with Crippen molar-refractivity contribution in [3.8, 4) is 11.8 Å². The van der Waals surface area contributed by atoms with Crippen molar-refractivity contribution in [1.29, 1.82) is 0 Å². The van der Waals surface area contributed by atoms with E-state index in [0.717, 1.165) is 0 Å². The number of carbonyl (C=O) groups excluding carboxylic acids is 1. The fraction of sp³-hybridized carbons (Fsp3) is 0.0714. The summed E-state index contributed by atoms with van der Waals surface area (Å²) in [5.41, 5.74) is 5.78. The first kappa shape index (κ1) is 14.1. The molecule has 2 aromatic rings. The highest BCUT2D eigenvalue weighted by molar-refractivity contribution is 6.29. The van der Waals surface area contributed by atoms with Gasteiger partial charge in [0.2, 0.25) is 0 Å². The van der Waals surface area contributed by atoms with Crippen LogP contribution < -0.4 is 11.1 Å². The van der Waals surface area contributed by atoms with Crippen LogP contribution in [0.1, 0.15) is 16.1 Å². The van der Waals surface area contributed by atoms with Gasteiger partial charge in [-0.3, -0.25) is 4.79 Å². The Balaban J connectivity index is 2.19. The normalized spacial score (nSPS) is 9.75. The molecule has 20 heavy (non-hydrogen) atoms. The van der Waals surface area contributed by atoms with Crippen LogP contribution >= 0.6 is 11.6 Å². The summed E-state index contributed by atoms with van der Waals surface area (Å²) in [4.78, 5) is 11.8. The lowest BCUT2D eigenvalue weighted by molar-refractivity contribution is 0.0997. The SMILES string of the molecule is NCC#Cc1cc(NC(=O)c2ccc(Cl)o2)ccc1F. The lowest BCUT2D eigenvalue weighted by atomic mass is 10.2. The third kappa shape index (κ3) is 3.38. The second-order valence-electron chi connectivity index (χ2n) is 3.76. The summed E-state index contributed by atoms with van der Waals surface area (Å²) < 4.78 is 18.4. The average Bonchev–Trinajstić information content (AvgIpc) is 2.86. The summed E-state index contributed by atoms with van der Waals surface area (Å²) in [6, 6.07) is 6.95. The number of nitrogens with two attached hydrogens (primary N) is 1. The van der Waals surface area contributed by atoms with E-state index in [-0.39, 0.29) is 23.1 Å². The van der Waals surface area contributed by atoms with Crippen LogP contribution in [-0.2, 0) is 0 Å². The van der Waals surface area contributed by atoms with Gasteiger partial charge in [0.1, 0.15) is 5.82 Å². The zero-order valence-electron chi connectivity index (χ0n) is 10.2. The number of hydrogen-bond donors (Lipinski definition) is 2. The molecular formula is C14H10ClFN2O2. The molecule has 0 unspecified atom stereocenters. The summed E-state index contributed by atoms with van der Waals surface area (Å²) in [5.74, 6) is 4.23. The fourth-order valence-electron chi connectivity index (χ4n) is 1.47. The van der Waals surface area contributed by atoms with Gasteiger partial charge in [-0.05, 0) is 41.9 Å². The topological polar surface area (TPSA) is 68.3 Å². The number of nitrogens with one attached hydrogen (secondary N) is 1. The van der Waals surface area contributed by atoms with E-state index in [1.54, 1.807) is 0 Å². The van der Waals surface area contributed by atoms with E-state index in [2.05, 4.69) is 17.2 Å². The van der Waals surface area contributed by atoms with E-state index in [1.165, 1.54) is 30.3 Å². The van der Waals surface area contributed by atoms with Gasteiger partial charge in [0.05, 0.1) is 12.1 Å². The molecule has 0 spiro atoms. The number of halogens is 2. The van der Waals surface area contributed by atoms with Crippen LogP contribution in [0.2, 0.25) is 5.22 Å². The lowest BCUT2D eigenvalue weighted by Crippen LogP contribution is -2.11. The maximum absolute atomic E-state index is 13.5. The molecule has 6 heteroatoms. The maximum Gasteiger partial charge on any atom is 0.291 e. The van der Waals surface area contributed by atoms with Crippen molar-refractivity contribution in [1.82, 2.24) is 0 Å². The van der Waals surface area contributed by atoms with Crippen molar-refractivity contribution in [2.24, 2.45) is 5.73 Å². The van der Waals surface area contributed by atoms with Crippen molar-refractivity contribution in [2.45, 2.75) is 0 Å². The zero-order valence-corrected chi connectivity index (χ0v) is 11.0. The van der Waals surface area contributed by atoms with Crippen molar-refractivity contribution < 1.29 is 13.6 Å². The summed E-state index contributed by atoms with van der Waals surface area (Å²) in [7, 11) is 0. The number of hydrogen-bond acceptors (Lipinski definition) is 3. The molecule has 3 N–H and O–H groups in total. The molecule has 1 amide bonds. The van der Waals surface area contributed by atoms with Gasteiger partial charge in [0, 0.05) is 5.69 Å². The molecule has 0 aliphatic carbocycles. The standard InChI is InChI=1S/C14H10ClFN2O2/c15-13-6-5-12(20-13)14(19)18-10-3-4-11(16)9(8-10)2-1-7-17/h3-6,8H,7,17H2,(H,18,19). The van der Waals surface area contributed by atoms with Crippen molar-refractivity contribution >= 4 is 23.2 Å². The van der Waals surface area contributed by atoms with Crippen LogP contribution in [0.4, 0.5) is 10.1 Å². The summed E-state index contributed by atoms with van der Waals surface area (Å²) >= 11 is 5.58. The summed E-state index contributed by atoms with van der Waals surface area (Å²) in [5, 5.41) is 2.67. The smallest absolute Gasteiger partial charge is 0.291 e. The highest BCUT2D eigenvalue weighted by Crippen LogP contribution is 2.17. The second kappa shape index (κ2) is 6.24. The fourth-order valence-corrected chi connectivity index (χ4v) is 1.62. The van der Waals surface area contributed by atoms with Crippen LogP contribution in [0.3, 0.4) is 0 Å². The van der Waals surface area contributed by atoms with E-state index in [9.17, 15) is 9.18 Å². The van der Waals surface area contributed by atoms with Crippen molar-refractivity contribution in [2.75, 3.05) is 11.9 Å². The van der Waals surface area contributed by atoms with Crippen molar-refractivity contribution in [3.63, 3.8) is 0 Å². The Morgan fingerprint density at radius 2 is 2.20 bits per heavy atom. The largest absolute Gasteiger partial charge is 0.440 e. The van der Waals surface area contributed by atoms with E-state index in [0.29, 0.717) is 5.69 Å². The molecule has 0 bridgehead atoms. The van der Waals surface area contributed by atoms with Gasteiger partial charge >= 0.3 is 0 Å². The average molecular weight is 293 g/mol. The first-order valence-corrected chi connectivity index (χ1v) is 6.03. The third-order valence-electron chi connectivity index (χ3n) is 2.35. The first-order valence-electron chi connectivity index (χ1n) is 5.65. The molecule has 0 atom stereocenters. The van der Waals surface area contributed by atoms with E-state index in [4.69, 9.17) is 21.8 Å². The van der Waals surface area contributed by atoms with Crippen LogP contribution in [0.25, 0.3) is 0 Å². The Morgan fingerprint density at radius 3 is 2.85 bits per heavy atom. The molecule has 0 aliphatic rings. The van der Waals surface area contributed by atoms with Gasteiger partial charge in [-0.25, -0.2) is 4.39 Å². The van der Waals surface area contributed by atoms with E-state index in [1.807, 2.05) is 0 Å². The predicted molar refractivity (Wildman–Crippen MR) is 74.0 cm³/mol. The Kier molecular flexibility index (Phi) is 4.41. The monoisotopic (exact) mass is 292 g/mol. The Hall–Kier alpha value is -2.29. The second-order valence-corrected chi connectivity index (χ2v) is 4.13. The number of furan rings is 1. The number of carbonyl (C=O) groups is 1. The minimum absolute atomic E-state index is 0.0638. The van der Waals surface area contributed by atoms with Gasteiger partial charge in [-0.2, -0.15) is 0 Å². The Bertz CT molecular complexity index is 701. The molecule has 102 valence electrons. The molecule has 1 heterocycles. The molecular weight excluding hydrogens is 283 g/mol. The molecule has 0 fully saturated rings. The quantitative estimate of drug-likeness (QED) is 0.836. The van der Waals surface area contributed by atoms with E-state index < -0.39 is 11.7 Å². The van der Waals surface area contributed by atoms with Gasteiger partial charge < -0.3 is 15.5 Å². The van der Waals surface area contributed by atoms with Crippen LogP contribution in [-0.4, -0.2) is 12.5 Å². The molecule has 0 aliphatic heterocycles. The van der Waals surface area contributed by atoms with Crippen molar-refractivity contribution in [3.05, 3.63) is 52.7 Å². The number of anilines is 1. The minimum Gasteiger partial charge on any atom is -0.440 e. The van der Waals surface area contributed by atoms with Crippen LogP contribution in [0, 0.1) is 17.7 Å². The molecule has 2 rings (SSSR count). The highest BCUT2D eigenvalue weighted by Gasteiger charge is 2.11. The number of rotatable bonds is 2. The highest BCUT2D eigenvalue weighted by atomic mass is 35.5. The Morgan fingerprint density at radius 1 is 1.40 bits per heavy atom. The lowest BCUT2D eigenvalue weighted by Gasteiger charge is -2.04. The van der Waals surface area contributed by atoms with Crippen LogP contribution in [0.15, 0.2) is 34.7 Å². The Labute approximate surface area is 119 Å². The molecule has 0 radical (unpaired) electrons. The van der Waals surface area contributed by atoms with Gasteiger partial charge in [0.15, 0.2) is 11.0 Å². The molecule has 0 saturated carbocycles. The molecule has 4 nitrogen and oxygen atoms in total. The van der Waals surface area contributed by atoms with E-state index >= 15 is 0 Å². The van der Waals surface area contributed by atoms with Gasteiger partial charge in [-0.1, -0.05) is 11.8 Å². The summed E-state index contributed by atoms with van der Waals surface area (Å²) in [6.45, 7) is 0.126. The van der Waals surface area contributed by atoms with Crippen LogP contribution in [0.5, 0.6) is 0 Å². The molecule has 1 aromatic heterocycles. The first-order chi connectivity index (χ1) is 9.60. The maximum atomic E-state index is 13.5. The zero-order chi connectivity index (χ0) is 14.5. The van der Waals surface area contributed by atoms with Gasteiger partial charge in [0.25, 0.3) is 5.91 Å². The third-order valence-corrected chi connectivity index (χ3v) is 2.55. The molecule has 1 aromatic carbocycles. The summed E-state index contributed by atoms with van der Waals surface area (Å²) in [6.07, 6.45) is 0. The molecule has 0 saturated heterocycles. The number of amides is 1. The predicted octanol–water partition coefficient (Wildman–Crippen LogP) is 2.63. The minimum atomic E-state index is -0.485. The van der Waals surface area contributed by atoms with Gasteiger partial charge in [-0.15, -0.1) is 0 Å².